The molecule has 3 nitrogen and oxygen atoms in total. The van der Waals surface area contributed by atoms with E-state index in [-0.39, 0.29) is 5.97 Å². The maximum absolute atomic E-state index is 11.2. The smallest absolute Gasteiger partial charge is 0.306 e. The van der Waals surface area contributed by atoms with Crippen LogP contribution in [0.4, 0.5) is 0 Å². The number of carbonyl (C=O) groups is 1. The summed E-state index contributed by atoms with van der Waals surface area (Å²) in [4.78, 5) is 11.2. The van der Waals surface area contributed by atoms with Crippen molar-refractivity contribution in [3.8, 4) is 0 Å². The first-order valence-electron chi connectivity index (χ1n) is 5.13. The van der Waals surface area contributed by atoms with Crippen LogP contribution in [0.15, 0.2) is 0 Å². The van der Waals surface area contributed by atoms with Gasteiger partial charge in [0.15, 0.2) is 0 Å². The van der Waals surface area contributed by atoms with Gasteiger partial charge >= 0.3 is 5.97 Å². The highest BCUT2D eigenvalue weighted by atomic mass is 16.5. The minimum absolute atomic E-state index is 0.0622. The number of nitrogens with two attached hydrogens (primary N) is 1. The molecule has 1 aliphatic rings. The number of carbonyl (C=O) groups excluding carboxylic acids is 1. The molecule has 1 rings (SSSR count). The summed E-state index contributed by atoms with van der Waals surface area (Å²) in [5.41, 5.74) is 5.62. The van der Waals surface area contributed by atoms with Crippen LogP contribution in [0.3, 0.4) is 0 Å². The van der Waals surface area contributed by atoms with E-state index < -0.39 is 0 Å². The first kappa shape index (κ1) is 10.5. The summed E-state index contributed by atoms with van der Waals surface area (Å²) in [6.45, 7) is 3.04. The van der Waals surface area contributed by atoms with E-state index in [1.807, 2.05) is 6.92 Å². The Hall–Kier alpha value is -0.570. The molecule has 0 saturated heterocycles. The fraction of sp³-hybridized carbons (Fsp3) is 0.900. The first-order chi connectivity index (χ1) is 6.27. The molecule has 0 heterocycles. The molecule has 0 aromatic heterocycles. The molecular weight excluding hydrogens is 166 g/mol. The van der Waals surface area contributed by atoms with Gasteiger partial charge in [0.25, 0.3) is 0 Å². The Labute approximate surface area is 79.6 Å². The van der Waals surface area contributed by atoms with Crippen LogP contribution in [0, 0.1) is 11.8 Å². The van der Waals surface area contributed by atoms with E-state index in [1.165, 1.54) is 12.8 Å². The zero-order valence-electron chi connectivity index (χ0n) is 8.29. The second-order valence-corrected chi connectivity index (χ2v) is 3.70. The topological polar surface area (TPSA) is 52.3 Å². The third kappa shape index (κ3) is 2.99. The zero-order valence-corrected chi connectivity index (χ0v) is 8.29. The highest BCUT2D eigenvalue weighted by Crippen LogP contribution is 2.33. The van der Waals surface area contributed by atoms with Gasteiger partial charge in [-0.05, 0) is 38.1 Å². The van der Waals surface area contributed by atoms with Gasteiger partial charge < -0.3 is 10.5 Å². The van der Waals surface area contributed by atoms with Gasteiger partial charge in [0.05, 0.1) is 6.61 Å². The standard InChI is InChI=1S/C10H19NO2/c1-2-13-10(12)6-8-4-3-5-9(8)7-11/h8-9H,2-7,11H2,1H3. The van der Waals surface area contributed by atoms with Gasteiger partial charge in [0.2, 0.25) is 0 Å². The van der Waals surface area contributed by atoms with E-state index in [2.05, 4.69) is 0 Å². The quantitative estimate of drug-likeness (QED) is 0.672. The van der Waals surface area contributed by atoms with Crippen LogP contribution in [0.5, 0.6) is 0 Å². The van der Waals surface area contributed by atoms with Crippen molar-refractivity contribution in [2.45, 2.75) is 32.6 Å². The molecule has 0 amide bonds. The van der Waals surface area contributed by atoms with E-state index in [0.717, 1.165) is 6.42 Å². The molecular formula is C10H19NO2. The van der Waals surface area contributed by atoms with Crippen LogP contribution >= 0.6 is 0 Å². The highest BCUT2D eigenvalue weighted by molar-refractivity contribution is 5.69. The predicted octanol–water partition coefficient (Wildman–Crippen LogP) is 1.31. The van der Waals surface area contributed by atoms with Gasteiger partial charge in [-0.1, -0.05) is 6.42 Å². The maximum atomic E-state index is 11.2. The summed E-state index contributed by atoms with van der Waals surface area (Å²) in [5, 5.41) is 0. The molecule has 0 spiro atoms. The molecule has 0 aromatic rings. The van der Waals surface area contributed by atoms with Crippen molar-refractivity contribution in [1.29, 1.82) is 0 Å². The number of hydrogen-bond donors (Lipinski definition) is 1. The molecule has 0 aromatic carbocycles. The maximum Gasteiger partial charge on any atom is 0.306 e. The summed E-state index contributed by atoms with van der Waals surface area (Å²) >= 11 is 0. The fourth-order valence-corrected chi connectivity index (χ4v) is 2.13. The predicted molar refractivity (Wildman–Crippen MR) is 51.1 cm³/mol. The van der Waals surface area contributed by atoms with E-state index in [0.29, 0.717) is 31.4 Å². The van der Waals surface area contributed by atoms with Crippen LogP contribution < -0.4 is 5.73 Å². The molecule has 13 heavy (non-hydrogen) atoms. The second kappa shape index (κ2) is 5.22. The van der Waals surface area contributed by atoms with Gasteiger partial charge in [0, 0.05) is 6.42 Å². The Morgan fingerprint density at radius 3 is 2.77 bits per heavy atom. The third-order valence-corrected chi connectivity index (χ3v) is 2.85. The minimum Gasteiger partial charge on any atom is -0.466 e. The average Bonchev–Trinajstić information content (AvgIpc) is 2.52. The molecule has 3 heteroatoms. The molecule has 0 radical (unpaired) electrons. The summed E-state index contributed by atoms with van der Waals surface area (Å²) in [7, 11) is 0. The summed E-state index contributed by atoms with van der Waals surface area (Å²) < 4.78 is 4.92. The van der Waals surface area contributed by atoms with Crippen LogP contribution in [0.2, 0.25) is 0 Å². The molecule has 0 aliphatic heterocycles. The molecule has 1 aliphatic carbocycles. The van der Waals surface area contributed by atoms with E-state index >= 15 is 0 Å². The second-order valence-electron chi connectivity index (χ2n) is 3.70. The molecule has 0 bridgehead atoms. The van der Waals surface area contributed by atoms with Gasteiger partial charge in [-0.2, -0.15) is 0 Å². The minimum atomic E-state index is -0.0622. The van der Waals surface area contributed by atoms with Crippen LogP contribution in [-0.2, 0) is 9.53 Å². The molecule has 1 saturated carbocycles. The average molecular weight is 185 g/mol. The Balaban J connectivity index is 2.30. The van der Waals surface area contributed by atoms with Crippen LogP contribution in [0.25, 0.3) is 0 Å². The van der Waals surface area contributed by atoms with Crippen molar-refractivity contribution in [2.24, 2.45) is 17.6 Å². The zero-order chi connectivity index (χ0) is 9.68. The molecule has 2 N–H and O–H groups in total. The van der Waals surface area contributed by atoms with Crippen LogP contribution in [0.1, 0.15) is 32.6 Å². The van der Waals surface area contributed by atoms with Crippen molar-refractivity contribution in [2.75, 3.05) is 13.2 Å². The lowest BCUT2D eigenvalue weighted by atomic mass is 9.93. The van der Waals surface area contributed by atoms with Crippen molar-refractivity contribution in [3.63, 3.8) is 0 Å². The van der Waals surface area contributed by atoms with Gasteiger partial charge in [-0.3, -0.25) is 4.79 Å². The Bertz CT molecular complexity index is 170. The number of esters is 1. The normalized spacial score (nSPS) is 27.5. The van der Waals surface area contributed by atoms with Gasteiger partial charge in [0.1, 0.15) is 0 Å². The summed E-state index contributed by atoms with van der Waals surface area (Å²) in [5.74, 6) is 0.960. The number of rotatable bonds is 4. The summed E-state index contributed by atoms with van der Waals surface area (Å²) in [6, 6.07) is 0. The lowest BCUT2D eigenvalue weighted by Crippen LogP contribution is -2.21. The molecule has 2 atom stereocenters. The number of hydrogen-bond acceptors (Lipinski definition) is 3. The molecule has 1 fully saturated rings. The van der Waals surface area contributed by atoms with Gasteiger partial charge in [-0.15, -0.1) is 0 Å². The molecule has 76 valence electrons. The first-order valence-corrected chi connectivity index (χ1v) is 5.13. The van der Waals surface area contributed by atoms with Crippen molar-refractivity contribution in [1.82, 2.24) is 0 Å². The van der Waals surface area contributed by atoms with E-state index in [9.17, 15) is 4.79 Å². The Morgan fingerprint density at radius 2 is 2.15 bits per heavy atom. The number of ether oxygens (including phenoxy) is 1. The van der Waals surface area contributed by atoms with Crippen molar-refractivity contribution in [3.05, 3.63) is 0 Å². The van der Waals surface area contributed by atoms with Crippen molar-refractivity contribution >= 4 is 5.97 Å². The SMILES string of the molecule is CCOC(=O)CC1CCCC1CN. The monoisotopic (exact) mass is 185 g/mol. The highest BCUT2D eigenvalue weighted by Gasteiger charge is 2.28. The largest absolute Gasteiger partial charge is 0.466 e. The third-order valence-electron chi connectivity index (χ3n) is 2.85. The summed E-state index contributed by atoms with van der Waals surface area (Å²) in [6.07, 6.45) is 4.10. The fourth-order valence-electron chi connectivity index (χ4n) is 2.13. The van der Waals surface area contributed by atoms with E-state index in [4.69, 9.17) is 10.5 Å². The van der Waals surface area contributed by atoms with Crippen molar-refractivity contribution < 1.29 is 9.53 Å². The van der Waals surface area contributed by atoms with E-state index in [1.54, 1.807) is 0 Å². The molecule has 2 unspecified atom stereocenters. The Morgan fingerprint density at radius 1 is 1.46 bits per heavy atom. The van der Waals surface area contributed by atoms with Crippen LogP contribution in [-0.4, -0.2) is 19.1 Å². The lowest BCUT2D eigenvalue weighted by molar-refractivity contribution is -0.144. The Kier molecular flexibility index (Phi) is 4.22. The van der Waals surface area contributed by atoms with Gasteiger partial charge in [-0.25, -0.2) is 0 Å². The lowest BCUT2D eigenvalue weighted by Gasteiger charge is -2.16.